The number of alkyl halides is 3. The molecule has 1 fully saturated rings. The fraction of sp³-hybridized carbons (Fsp3) is 0.333. The Labute approximate surface area is 217 Å². The number of carbonyl (C=O) groups excluding carboxylic acids is 1. The third-order valence-electron chi connectivity index (χ3n) is 6.12. The van der Waals surface area contributed by atoms with E-state index < -0.39 is 29.5 Å². The van der Waals surface area contributed by atoms with Crippen molar-refractivity contribution in [2.45, 2.75) is 44.6 Å². The molecule has 0 aliphatic carbocycles. The lowest BCUT2D eigenvalue weighted by atomic mass is 9.98. The van der Waals surface area contributed by atoms with Crippen molar-refractivity contribution in [3.05, 3.63) is 88.5 Å². The largest absolute Gasteiger partial charge is 0.461 e. The first-order valence-corrected chi connectivity index (χ1v) is 12.0. The van der Waals surface area contributed by atoms with E-state index in [4.69, 9.17) is 10.00 Å². The van der Waals surface area contributed by atoms with Crippen LogP contribution in [0.4, 0.5) is 17.6 Å². The topological polar surface area (TPSA) is 91.1 Å². The summed E-state index contributed by atoms with van der Waals surface area (Å²) in [5, 5.41) is 11.7. The minimum atomic E-state index is -4.46. The summed E-state index contributed by atoms with van der Waals surface area (Å²) in [7, 11) is 0. The average molecular weight is 528 g/mol. The second kappa shape index (κ2) is 11.1. The molecule has 198 valence electrons. The molecule has 0 spiro atoms. The SMILES string of the molecule is CC(C)Oc1ncc(C(c2ccc(C(F)(F)F)cc2)N2CC[C@@H](NC(=O)c3ccc(C#N)cc3F)C2)cn1. The van der Waals surface area contributed by atoms with E-state index in [0.717, 1.165) is 18.2 Å². The number of hydrogen-bond donors (Lipinski definition) is 1. The highest BCUT2D eigenvalue weighted by molar-refractivity contribution is 5.94. The zero-order valence-electron chi connectivity index (χ0n) is 20.7. The van der Waals surface area contributed by atoms with Crippen molar-refractivity contribution in [1.82, 2.24) is 20.2 Å². The minimum absolute atomic E-state index is 0.109. The van der Waals surface area contributed by atoms with E-state index in [1.807, 2.05) is 24.8 Å². The summed E-state index contributed by atoms with van der Waals surface area (Å²) >= 11 is 0. The van der Waals surface area contributed by atoms with E-state index in [9.17, 15) is 22.4 Å². The normalized spacial score (nSPS) is 16.7. The van der Waals surface area contributed by atoms with Crippen LogP contribution in [0, 0.1) is 17.1 Å². The minimum Gasteiger partial charge on any atom is -0.461 e. The highest BCUT2D eigenvalue weighted by Gasteiger charge is 2.34. The van der Waals surface area contributed by atoms with Crippen molar-refractivity contribution in [2.75, 3.05) is 13.1 Å². The quantitative estimate of drug-likeness (QED) is 0.440. The Kier molecular flexibility index (Phi) is 7.92. The Hall–Kier alpha value is -4.04. The summed E-state index contributed by atoms with van der Waals surface area (Å²) in [6.07, 6.45) is -0.904. The maximum Gasteiger partial charge on any atom is 0.416 e. The van der Waals surface area contributed by atoms with Gasteiger partial charge in [-0.2, -0.15) is 18.4 Å². The molecule has 1 amide bonds. The molecular weight excluding hydrogens is 502 g/mol. The molecule has 11 heteroatoms. The number of likely N-dealkylation sites (tertiary alicyclic amines) is 1. The zero-order chi connectivity index (χ0) is 27.4. The monoisotopic (exact) mass is 527 g/mol. The highest BCUT2D eigenvalue weighted by atomic mass is 19.4. The van der Waals surface area contributed by atoms with Crippen LogP contribution in [0.25, 0.3) is 0 Å². The van der Waals surface area contributed by atoms with E-state index in [2.05, 4.69) is 15.3 Å². The van der Waals surface area contributed by atoms with Crippen LogP contribution in [0.1, 0.15) is 58.9 Å². The fourth-order valence-corrected chi connectivity index (χ4v) is 4.38. The first-order chi connectivity index (χ1) is 18.0. The number of amides is 1. The molecule has 1 aliphatic rings. The first-order valence-electron chi connectivity index (χ1n) is 12.0. The molecule has 1 saturated heterocycles. The van der Waals surface area contributed by atoms with Crippen LogP contribution in [0.15, 0.2) is 54.9 Å². The predicted octanol–water partition coefficient (Wildman–Crippen LogP) is 4.89. The molecule has 1 aliphatic heterocycles. The number of halogens is 4. The van der Waals surface area contributed by atoms with Gasteiger partial charge in [0.2, 0.25) is 0 Å². The molecule has 0 radical (unpaired) electrons. The number of rotatable bonds is 7. The first kappa shape index (κ1) is 27.0. The van der Waals surface area contributed by atoms with Gasteiger partial charge < -0.3 is 10.1 Å². The fourth-order valence-electron chi connectivity index (χ4n) is 4.38. The third-order valence-corrected chi connectivity index (χ3v) is 6.12. The van der Waals surface area contributed by atoms with E-state index >= 15 is 0 Å². The van der Waals surface area contributed by atoms with Gasteiger partial charge in [0, 0.05) is 37.1 Å². The Bertz CT molecular complexity index is 1320. The van der Waals surface area contributed by atoms with Crippen LogP contribution in [0.2, 0.25) is 0 Å². The molecule has 1 N–H and O–H groups in total. The van der Waals surface area contributed by atoms with Crippen LogP contribution in [0.5, 0.6) is 6.01 Å². The number of ether oxygens (including phenoxy) is 1. The number of carbonyl (C=O) groups is 1. The Morgan fingerprint density at radius 1 is 1.13 bits per heavy atom. The van der Waals surface area contributed by atoms with E-state index in [0.29, 0.717) is 30.6 Å². The number of nitriles is 1. The van der Waals surface area contributed by atoms with Crippen LogP contribution in [-0.4, -0.2) is 46.0 Å². The smallest absolute Gasteiger partial charge is 0.416 e. The molecule has 38 heavy (non-hydrogen) atoms. The molecule has 2 atom stereocenters. The van der Waals surface area contributed by atoms with Crippen molar-refractivity contribution in [3.63, 3.8) is 0 Å². The summed E-state index contributed by atoms with van der Waals surface area (Å²) in [4.78, 5) is 23.2. The van der Waals surface area contributed by atoms with Gasteiger partial charge >= 0.3 is 12.2 Å². The van der Waals surface area contributed by atoms with Crippen molar-refractivity contribution in [1.29, 1.82) is 5.26 Å². The molecule has 1 unspecified atom stereocenters. The van der Waals surface area contributed by atoms with E-state index in [1.165, 1.54) is 24.3 Å². The number of nitrogens with zero attached hydrogens (tertiary/aromatic N) is 4. The number of nitrogens with one attached hydrogen (secondary N) is 1. The van der Waals surface area contributed by atoms with Crippen LogP contribution in [0.3, 0.4) is 0 Å². The number of aromatic nitrogens is 2. The molecule has 4 rings (SSSR count). The summed E-state index contributed by atoms with van der Waals surface area (Å²) in [5.41, 5.74) is 0.427. The van der Waals surface area contributed by atoms with Gasteiger partial charge in [-0.3, -0.25) is 9.69 Å². The van der Waals surface area contributed by atoms with Gasteiger partial charge in [0.25, 0.3) is 5.91 Å². The molecular formula is C27H25F4N5O2. The summed E-state index contributed by atoms with van der Waals surface area (Å²) in [6, 6.07) is 9.72. The van der Waals surface area contributed by atoms with Gasteiger partial charge in [-0.05, 0) is 56.2 Å². The molecule has 0 saturated carbocycles. The maximum absolute atomic E-state index is 14.3. The maximum atomic E-state index is 14.3. The Balaban J connectivity index is 1.56. The molecule has 0 bridgehead atoms. The Morgan fingerprint density at radius 2 is 1.82 bits per heavy atom. The zero-order valence-corrected chi connectivity index (χ0v) is 20.7. The molecule has 2 heterocycles. The van der Waals surface area contributed by atoms with E-state index in [1.54, 1.807) is 12.4 Å². The molecule has 1 aromatic heterocycles. The second-order valence-electron chi connectivity index (χ2n) is 9.25. The van der Waals surface area contributed by atoms with Gasteiger partial charge in [-0.15, -0.1) is 0 Å². The van der Waals surface area contributed by atoms with Crippen LogP contribution < -0.4 is 10.1 Å². The highest BCUT2D eigenvalue weighted by Crippen LogP contribution is 2.34. The van der Waals surface area contributed by atoms with E-state index in [-0.39, 0.29) is 29.3 Å². The Morgan fingerprint density at radius 3 is 2.39 bits per heavy atom. The summed E-state index contributed by atoms with van der Waals surface area (Å²) in [6.45, 7) is 4.55. The molecule has 2 aromatic carbocycles. The van der Waals surface area contributed by atoms with Gasteiger partial charge in [0.15, 0.2) is 0 Å². The lowest BCUT2D eigenvalue weighted by molar-refractivity contribution is -0.137. The number of hydrogen-bond acceptors (Lipinski definition) is 6. The van der Waals surface area contributed by atoms with Gasteiger partial charge in [-0.1, -0.05) is 12.1 Å². The number of benzene rings is 2. The van der Waals surface area contributed by atoms with Crippen LogP contribution >= 0.6 is 0 Å². The molecule has 7 nitrogen and oxygen atoms in total. The lowest BCUT2D eigenvalue weighted by Crippen LogP contribution is -2.38. The second-order valence-corrected chi connectivity index (χ2v) is 9.25. The van der Waals surface area contributed by atoms with Gasteiger partial charge in [0.05, 0.1) is 34.9 Å². The van der Waals surface area contributed by atoms with Crippen molar-refractivity contribution < 1.29 is 27.1 Å². The molecule has 3 aromatic rings. The predicted molar refractivity (Wildman–Crippen MR) is 130 cm³/mol. The lowest BCUT2D eigenvalue weighted by Gasteiger charge is -2.29. The van der Waals surface area contributed by atoms with Crippen molar-refractivity contribution in [3.8, 4) is 12.1 Å². The van der Waals surface area contributed by atoms with Crippen molar-refractivity contribution in [2.24, 2.45) is 0 Å². The summed E-state index contributed by atoms with van der Waals surface area (Å²) < 4.78 is 59.3. The average Bonchev–Trinajstić information content (AvgIpc) is 3.32. The summed E-state index contributed by atoms with van der Waals surface area (Å²) in [5.74, 6) is -1.40. The van der Waals surface area contributed by atoms with Crippen LogP contribution in [-0.2, 0) is 6.18 Å². The van der Waals surface area contributed by atoms with Gasteiger partial charge in [-0.25, -0.2) is 14.4 Å². The van der Waals surface area contributed by atoms with Gasteiger partial charge in [0.1, 0.15) is 5.82 Å². The standard InChI is InChI=1S/C27H25F4N5O2/c1-16(2)38-26-33-13-19(14-34-26)24(18-4-6-20(7-5-18)27(29,30)31)36-10-9-21(15-36)35-25(37)22-8-3-17(12-32)11-23(22)28/h3-8,11,13-14,16,21,24H,9-10,15H2,1-2H3,(H,35,37)/t21-,24?/m1/s1. The van der Waals surface area contributed by atoms with Crippen molar-refractivity contribution >= 4 is 5.91 Å². The third kappa shape index (κ3) is 6.26.